The molecule has 0 aliphatic carbocycles. The second-order valence-electron chi connectivity index (χ2n) is 5.45. The van der Waals surface area contributed by atoms with Crippen LogP contribution in [0.1, 0.15) is 6.92 Å². The molecule has 0 saturated heterocycles. The summed E-state index contributed by atoms with van der Waals surface area (Å²) in [4.78, 5) is 12.4. The molecule has 0 fully saturated rings. The van der Waals surface area contributed by atoms with Crippen LogP contribution in [0.2, 0.25) is 10.0 Å². The SMILES string of the molecule is C[C@H](C(=O)Nc1ccc(F)cc1F)N(c1ccc(Cl)c(Cl)c1)S(C)(=O)=O. The molecule has 2 aromatic rings. The van der Waals surface area contributed by atoms with Gasteiger partial charge in [0.1, 0.15) is 17.7 Å². The molecule has 0 heterocycles. The van der Waals surface area contributed by atoms with E-state index in [2.05, 4.69) is 5.32 Å². The van der Waals surface area contributed by atoms with Crippen molar-refractivity contribution in [2.75, 3.05) is 15.9 Å². The molecule has 0 aliphatic heterocycles. The van der Waals surface area contributed by atoms with Crippen molar-refractivity contribution < 1.29 is 22.0 Å². The van der Waals surface area contributed by atoms with Gasteiger partial charge in [-0.1, -0.05) is 23.2 Å². The molecular weight excluding hydrogens is 409 g/mol. The summed E-state index contributed by atoms with van der Waals surface area (Å²) in [6.07, 6.45) is 0.914. The van der Waals surface area contributed by atoms with E-state index < -0.39 is 33.6 Å². The van der Waals surface area contributed by atoms with Gasteiger partial charge in [-0.25, -0.2) is 17.2 Å². The highest BCUT2D eigenvalue weighted by molar-refractivity contribution is 7.92. The maximum atomic E-state index is 13.7. The van der Waals surface area contributed by atoms with Crippen LogP contribution < -0.4 is 9.62 Å². The number of rotatable bonds is 5. The number of hydrogen-bond donors (Lipinski definition) is 1. The molecule has 2 rings (SSSR count). The molecule has 5 nitrogen and oxygen atoms in total. The molecule has 0 radical (unpaired) electrons. The van der Waals surface area contributed by atoms with Crippen molar-refractivity contribution in [3.63, 3.8) is 0 Å². The summed E-state index contributed by atoms with van der Waals surface area (Å²) < 4.78 is 51.9. The number of halogens is 4. The van der Waals surface area contributed by atoms with E-state index in [1.165, 1.54) is 25.1 Å². The van der Waals surface area contributed by atoms with Crippen molar-refractivity contribution >= 4 is 50.5 Å². The fraction of sp³-hybridized carbons (Fsp3) is 0.188. The van der Waals surface area contributed by atoms with Crippen LogP contribution >= 0.6 is 23.2 Å². The van der Waals surface area contributed by atoms with Crippen LogP contribution in [0.15, 0.2) is 36.4 Å². The fourth-order valence-electron chi connectivity index (χ4n) is 2.26. The number of amides is 1. The highest BCUT2D eigenvalue weighted by atomic mass is 35.5. The third kappa shape index (κ3) is 4.63. The van der Waals surface area contributed by atoms with Gasteiger partial charge >= 0.3 is 0 Å². The number of carbonyl (C=O) groups excluding carboxylic acids is 1. The van der Waals surface area contributed by atoms with Gasteiger partial charge in [0.05, 0.1) is 27.7 Å². The number of anilines is 2. The van der Waals surface area contributed by atoms with Gasteiger partial charge in [-0.2, -0.15) is 0 Å². The third-order valence-electron chi connectivity index (χ3n) is 3.44. The molecule has 1 amide bonds. The van der Waals surface area contributed by atoms with E-state index >= 15 is 0 Å². The first kappa shape index (κ1) is 20.4. The minimum atomic E-state index is -3.88. The summed E-state index contributed by atoms with van der Waals surface area (Å²) in [5, 5.41) is 2.56. The van der Waals surface area contributed by atoms with E-state index in [1.807, 2.05) is 0 Å². The van der Waals surface area contributed by atoms with E-state index in [0.717, 1.165) is 22.7 Å². The lowest BCUT2D eigenvalue weighted by Crippen LogP contribution is -2.45. The Balaban J connectivity index is 2.35. The lowest BCUT2D eigenvalue weighted by Gasteiger charge is -2.28. The molecule has 0 saturated carbocycles. The number of carbonyl (C=O) groups is 1. The van der Waals surface area contributed by atoms with Crippen molar-refractivity contribution in [2.24, 2.45) is 0 Å². The van der Waals surface area contributed by atoms with Gasteiger partial charge in [0.15, 0.2) is 0 Å². The number of benzene rings is 2. The number of sulfonamides is 1. The molecular formula is C16H14Cl2F2N2O3S. The summed E-state index contributed by atoms with van der Waals surface area (Å²) in [5.74, 6) is -2.60. The Hall–Kier alpha value is -1.90. The Morgan fingerprint density at radius 1 is 1.12 bits per heavy atom. The van der Waals surface area contributed by atoms with E-state index in [0.29, 0.717) is 6.07 Å². The Kier molecular flexibility index (Phi) is 6.10. The summed E-state index contributed by atoms with van der Waals surface area (Å²) >= 11 is 11.7. The standard InChI is InChI=1S/C16H14Cl2F2N2O3S/c1-9(16(23)21-15-6-3-10(19)7-14(15)20)22(26(2,24)25)11-4-5-12(17)13(18)8-11/h3-9H,1-2H3,(H,21,23)/t9-/m1/s1. The van der Waals surface area contributed by atoms with Crippen LogP contribution in [0.4, 0.5) is 20.2 Å². The predicted octanol–water partition coefficient (Wildman–Crippen LogP) is 4.06. The molecule has 0 spiro atoms. The van der Waals surface area contributed by atoms with Gasteiger partial charge in [-0.05, 0) is 37.3 Å². The highest BCUT2D eigenvalue weighted by Crippen LogP contribution is 2.30. The number of hydrogen-bond acceptors (Lipinski definition) is 3. The van der Waals surface area contributed by atoms with Crippen molar-refractivity contribution in [1.29, 1.82) is 0 Å². The average molecular weight is 423 g/mol. The third-order valence-corrected chi connectivity index (χ3v) is 5.42. The Bertz CT molecular complexity index is 955. The molecule has 0 aliphatic rings. The second-order valence-corrected chi connectivity index (χ2v) is 8.12. The molecule has 1 atom stereocenters. The molecule has 1 N–H and O–H groups in total. The first-order valence-corrected chi connectivity index (χ1v) is 9.81. The van der Waals surface area contributed by atoms with Crippen LogP contribution in [0.25, 0.3) is 0 Å². The smallest absolute Gasteiger partial charge is 0.248 e. The molecule has 0 aromatic heterocycles. The van der Waals surface area contributed by atoms with Gasteiger partial charge in [-0.3, -0.25) is 9.10 Å². The fourth-order valence-corrected chi connectivity index (χ4v) is 3.72. The van der Waals surface area contributed by atoms with Gasteiger partial charge in [-0.15, -0.1) is 0 Å². The largest absolute Gasteiger partial charge is 0.322 e. The van der Waals surface area contributed by atoms with Crippen molar-refractivity contribution in [2.45, 2.75) is 13.0 Å². The normalized spacial score (nSPS) is 12.5. The maximum absolute atomic E-state index is 13.7. The lowest BCUT2D eigenvalue weighted by molar-refractivity contribution is -0.116. The quantitative estimate of drug-likeness (QED) is 0.789. The zero-order valence-corrected chi connectivity index (χ0v) is 16.0. The molecule has 0 bridgehead atoms. The molecule has 0 unspecified atom stereocenters. The first-order valence-electron chi connectivity index (χ1n) is 7.21. The number of nitrogens with zero attached hydrogens (tertiary/aromatic N) is 1. The van der Waals surface area contributed by atoms with E-state index in [-0.39, 0.29) is 21.4 Å². The topological polar surface area (TPSA) is 66.5 Å². The summed E-state index contributed by atoms with van der Waals surface area (Å²) in [6.45, 7) is 1.32. The zero-order valence-electron chi connectivity index (χ0n) is 13.6. The molecule has 2 aromatic carbocycles. The Labute approximate surface area is 159 Å². The highest BCUT2D eigenvalue weighted by Gasteiger charge is 2.30. The van der Waals surface area contributed by atoms with Crippen LogP contribution in [0, 0.1) is 11.6 Å². The zero-order chi connectivity index (χ0) is 19.6. The molecule has 140 valence electrons. The van der Waals surface area contributed by atoms with Gasteiger partial charge < -0.3 is 5.32 Å². The van der Waals surface area contributed by atoms with E-state index in [9.17, 15) is 22.0 Å². The summed E-state index contributed by atoms with van der Waals surface area (Å²) in [7, 11) is -3.88. The van der Waals surface area contributed by atoms with Crippen molar-refractivity contribution in [1.82, 2.24) is 0 Å². The van der Waals surface area contributed by atoms with Crippen molar-refractivity contribution in [3.05, 3.63) is 58.1 Å². The summed E-state index contributed by atoms with van der Waals surface area (Å²) in [6, 6.07) is 5.45. The van der Waals surface area contributed by atoms with Gasteiger partial charge in [0.2, 0.25) is 15.9 Å². The minimum Gasteiger partial charge on any atom is -0.322 e. The van der Waals surface area contributed by atoms with Gasteiger partial charge in [0, 0.05) is 6.07 Å². The van der Waals surface area contributed by atoms with E-state index in [1.54, 1.807) is 0 Å². The average Bonchev–Trinajstić information content (AvgIpc) is 2.52. The number of nitrogens with one attached hydrogen (secondary N) is 1. The monoisotopic (exact) mass is 422 g/mol. The Morgan fingerprint density at radius 3 is 2.31 bits per heavy atom. The minimum absolute atomic E-state index is 0.106. The first-order chi connectivity index (χ1) is 12.0. The van der Waals surface area contributed by atoms with Gasteiger partial charge in [0.25, 0.3) is 0 Å². The van der Waals surface area contributed by atoms with Crippen LogP contribution in [0.5, 0.6) is 0 Å². The summed E-state index contributed by atoms with van der Waals surface area (Å²) in [5.41, 5.74) is -0.157. The van der Waals surface area contributed by atoms with Crippen LogP contribution in [0.3, 0.4) is 0 Å². The predicted molar refractivity (Wildman–Crippen MR) is 98.2 cm³/mol. The van der Waals surface area contributed by atoms with E-state index in [4.69, 9.17) is 23.2 Å². The molecule has 26 heavy (non-hydrogen) atoms. The Morgan fingerprint density at radius 2 is 1.77 bits per heavy atom. The second kappa shape index (κ2) is 7.77. The van der Waals surface area contributed by atoms with Crippen molar-refractivity contribution in [3.8, 4) is 0 Å². The van der Waals surface area contributed by atoms with Crippen LogP contribution in [-0.2, 0) is 14.8 Å². The maximum Gasteiger partial charge on any atom is 0.248 e. The lowest BCUT2D eigenvalue weighted by atomic mass is 10.2. The molecule has 10 heteroatoms. The van der Waals surface area contributed by atoms with Crippen LogP contribution in [-0.4, -0.2) is 26.6 Å².